The summed E-state index contributed by atoms with van der Waals surface area (Å²) in [6, 6.07) is 0.332. The van der Waals surface area contributed by atoms with Crippen LogP contribution < -0.4 is 10.6 Å². The molecular weight excluding hydrogens is 218 g/mol. The first-order chi connectivity index (χ1) is 8.31. The highest BCUT2D eigenvalue weighted by Crippen LogP contribution is 2.25. The lowest BCUT2D eigenvalue weighted by atomic mass is 10.0. The molecule has 17 heavy (non-hydrogen) atoms. The predicted octanol–water partition coefficient (Wildman–Crippen LogP) is 0.432. The molecule has 0 bridgehead atoms. The van der Waals surface area contributed by atoms with Crippen LogP contribution in [-0.4, -0.2) is 47.6 Å². The van der Waals surface area contributed by atoms with E-state index in [4.69, 9.17) is 4.74 Å². The maximum Gasteiger partial charge on any atom is 0.224 e. The minimum absolute atomic E-state index is 0.292. The number of rotatable bonds is 5. The minimum Gasteiger partial charge on any atom is -0.379 e. The molecule has 0 aromatic carbocycles. The Kier molecular flexibility index (Phi) is 3.96. The molecule has 1 fully saturated rings. The van der Waals surface area contributed by atoms with Crippen LogP contribution in [0.15, 0.2) is 0 Å². The number of ether oxygens (including phenoxy) is 1. The maximum atomic E-state index is 5.52. The molecule has 0 radical (unpaired) electrons. The van der Waals surface area contributed by atoms with Gasteiger partial charge in [-0.05, 0) is 20.9 Å². The zero-order valence-electron chi connectivity index (χ0n) is 10.7. The average molecular weight is 239 g/mol. The van der Waals surface area contributed by atoms with Crippen molar-refractivity contribution < 1.29 is 4.74 Å². The van der Waals surface area contributed by atoms with Gasteiger partial charge in [-0.3, -0.25) is 4.57 Å². The molecule has 6 nitrogen and oxygen atoms in total. The summed E-state index contributed by atoms with van der Waals surface area (Å²) >= 11 is 0. The third kappa shape index (κ3) is 2.28. The van der Waals surface area contributed by atoms with Gasteiger partial charge in [0, 0.05) is 19.1 Å². The third-order valence-corrected chi connectivity index (χ3v) is 3.21. The van der Waals surface area contributed by atoms with E-state index in [-0.39, 0.29) is 0 Å². The maximum absolute atomic E-state index is 5.52. The van der Waals surface area contributed by atoms with Crippen molar-refractivity contribution in [2.45, 2.75) is 32.4 Å². The Hall–Kier alpha value is -1.14. The Morgan fingerprint density at radius 1 is 1.35 bits per heavy atom. The molecule has 1 aliphatic rings. The lowest BCUT2D eigenvalue weighted by Gasteiger charge is -2.17. The molecule has 2 heterocycles. The summed E-state index contributed by atoms with van der Waals surface area (Å²) in [5, 5.41) is 15.0. The molecule has 2 rings (SSSR count). The second-order valence-electron chi connectivity index (χ2n) is 4.20. The van der Waals surface area contributed by atoms with E-state index in [1.807, 2.05) is 7.05 Å². The molecule has 2 atom stereocenters. The molecular formula is C11H21N5O. The van der Waals surface area contributed by atoms with Gasteiger partial charge in [-0.25, -0.2) is 0 Å². The van der Waals surface area contributed by atoms with Gasteiger partial charge >= 0.3 is 0 Å². The molecule has 2 unspecified atom stereocenters. The van der Waals surface area contributed by atoms with Crippen molar-refractivity contribution in [2.75, 3.05) is 32.1 Å². The summed E-state index contributed by atoms with van der Waals surface area (Å²) in [7, 11) is 1.96. The monoisotopic (exact) mass is 239 g/mol. The lowest BCUT2D eigenvalue weighted by molar-refractivity contribution is 0.187. The number of nitrogens with one attached hydrogen (secondary N) is 2. The smallest absolute Gasteiger partial charge is 0.224 e. The van der Waals surface area contributed by atoms with E-state index >= 15 is 0 Å². The molecule has 0 saturated carbocycles. The Morgan fingerprint density at radius 3 is 2.82 bits per heavy atom. The average Bonchev–Trinajstić information content (AvgIpc) is 2.94. The van der Waals surface area contributed by atoms with E-state index in [1.54, 1.807) is 0 Å². The van der Waals surface area contributed by atoms with Crippen LogP contribution in [0.2, 0.25) is 0 Å². The largest absolute Gasteiger partial charge is 0.379 e. The first-order valence-corrected chi connectivity index (χ1v) is 6.23. The topological polar surface area (TPSA) is 64.0 Å². The normalized spacial score (nSPS) is 24.2. The second kappa shape index (κ2) is 5.46. The highest BCUT2D eigenvalue weighted by atomic mass is 16.5. The Bertz CT molecular complexity index is 365. The highest BCUT2D eigenvalue weighted by Gasteiger charge is 2.32. The summed E-state index contributed by atoms with van der Waals surface area (Å²) in [5.74, 6) is 2.16. The molecule has 1 aromatic rings. The SMILES string of the molecule is CCNc1nnc(C2COCC2NC)n1CC. The van der Waals surface area contributed by atoms with E-state index in [9.17, 15) is 0 Å². The molecule has 2 N–H and O–H groups in total. The standard InChI is InChI=1S/C11H21N5O/c1-4-13-11-15-14-10(16(11)5-2)8-6-17-7-9(8)12-3/h8-9,12H,4-7H2,1-3H3,(H,13,15). The van der Waals surface area contributed by atoms with Gasteiger partial charge in [0.2, 0.25) is 5.95 Å². The van der Waals surface area contributed by atoms with E-state index in [0.29, 0.717) is 12.0 Å². The molecule has 0 amide bonds. The van der Waals surface area contributed by atoms with Gasteiger partial charge in [0.15, 0.2) is 0 Å². The fraction of sp³-hybridized carbons (Fsp3) is 0.818. The van der Waals surface area contributed by atoms with Gasteiger partial charge in [-0.2, -0.15) is 0 Å². The molecule has 0 aliphatic carbocycles. The van der Waals surface area contributed by atoms with Gasteiger partial charge in [0.25, 0.3) is 0 Å². The number of anilines is 1. The van der Waals surface area contributed by atoms with Gasteiger partial charge in [-0.1, -0.05) is 0 Å². The number of nitrogens with zero attached hydrogens (tertiary/aromatic N) is 3. The number of likely N-dealkylation sites (N-methyl/N-ethyl adjacent to an activating group) is 1. The van der Waals surface area contributed by atoms with E-state index in [1.165, 1.54) is 0 Å². The molecule has 1 aliphatic heterocycles. The van der Waals surface area contributed by atoms with E-state index in [2.05, 4.69) is 39.2 Å². The molecule has 1 aromatic heterocycles. The van der Waals surface area contributed by atoms with Gasteiger partial charge in [0.05, 0.1) is 19.1 Å². The van der Waals surface area contributed by atoms with Crippen molar-refractivity contribution in [1.29, 1.82) is 0 Å². The lowest BCUT2D eigenvalue weighted by Crippen LogP contribution is -2.32. The summed E-state index contributed by atoms with van der Waals surface area (Å²) in [4.78, 5) is 0. The Balaban J connectivity index is 2.25. The third-order valence-electron chi connectivity index (χ3n) is 3.21. The van der Waals surface area contributed by atoms with E-state index in [0.717, 1.165) is 38.1 Å². The van der Waals surface area contributed by atoms with Crippen molar-refractivity contribution in [3.8, 4) is 0 Å². The fourth-order valence-electron chi connectivity index (χ4n) is 2.28. The molecule has 1 saturated heterocycles. The fourth-order valence-corrected chi connectivity index (χ4v) is 2.28. The van der Waals surface area contributed by atoms with Crippen LogP contribution in [0.1, 0.15) is 25.6 Å². The minimum atomic E-state index is 0.292. The summed E-state index contributed by atoms with van der Waals surface area (Å²) in [5.41, 5.74) is 0. The van der Waals surface area contributed by atoms with Crippen LogP contribution in [0.25, 0.3) is 0 Å². The zero-order chi connectivity index (χ0) is 12.3. The highest BCUT2D eigenvalue weighted by molar-refractivity contribution is 5.27. The van der Waals surface area contributed by atoms with Gasteiger partial charge < -0.3 is 15.4 Å². The van der Waals surface area contributed by atoms with Crippen LogP contribution >= 0.6 is 0 Å². The van der Waals surface area contributed by atoms with Crippen molar-refractivity contribution >= 4 is 5.95 Å². The second-order valence-corrected chi connectivity index (χ2v) is 4.20. The van der Waals surface area contributed by atoms with Gasteiger partial charge in [-0.15, -0.1) is 10.2 Å². The van der Waals surface area contributed by atoms with Crippen LogP contribution in [0.5, 0.6) is 0 Å². The Labute approximate surface area is 102 Å². The van der Waals surface area contributed by atoms with Crippen LogP contribution in [0.3, 0.4) is 0 Å². The van der Waals surface area contributed by atoms with Crippen LogP contribution in [0, 0.1) is 0 Å². The van der Waals surface area contributed by atoms with Crippen molar-refractivity contribution in [2.24, 2.45) is 0 Å². The number of hydrogen-bond acceptors (Lipinski definition) is 5. The number of aromatic nitrogens is 3. The molecule has 96 valence electrons. The van der Waals surface area contributed by atoms with Crippen molar-refractivity contribution in [3.63, 3.8) is 0 Å². The quantitative estimate of drug-likeness (QED) is 0.780. The van der Waals surface area contributed by atoms with Gasteiger partial charge in [0.1, 0.15) is 5.82 Å². The van der Waals surface area contributed by atoms with E-state index < -0.39 is 0 Å². The summed E-state index contributed by atoms with van der Waals surface area (Å²) in [6.45, 7) is 7.36. The predicted molar refractivity (Wildman–Crippen MR) is 66.3 cm³/mol. The molecule has 6 heteroatoms. The summed E-state index contributed by atoms with van der Waals surface area (Å²) < 4.78 is 7.65. The first kappa shape index (κ1) is 12.3. The zero-order valence-corrected chi connectivity index (χ0v) is 10.7. The first-order valence-electron chi connectivity index (χ1n) is 6.23. The van der Waals surface area contributed by atoms with Crippen molar-refractivity contribution in [3.05, 3.63) is 5.82 Å². The number of hydrogen-bond donors (Lipinski definition) is 2. The molecule has 0 spiro atoms. The summed E-state index contributed by atoms with van der Waals surface area (Å²) in [6.07, 6.45) is 0. The van der Waals surface area contributed by atoms with Crippen molar-refractivity contribution in [1.82, 2.24) is 20.1 Å². The van der Waals surface area contributed by atoms with Crippen LogP contribution in [-0.2, 0) is 11.3 Å². The Morgan fingerprint density at radius 2 is 2.18 bits per heavy atom. The van der Waals surface area contributed by atoms with Crippen LogP contribution in [0.4, 0.5) is 5.95 Å².